The monoisotopic (exact) mass is 322 g/mol. The molecule has 7 heteroatoms. The molecular weight excluding hydrogens is 302 g/mol. The largest absolute Gasteiger partial charge is 0.380 e. The number of carbonyl (C=O) groups excluding carboxylic acids is 1. The average molecular weight is 323 g/mol. The Bertz CT molecular complexity index is 470. The number of nitrogens with zero attached hydrogens (tertiary/aromatic N) is 1. The van der Waals surface area contributed by atoms with Gasteiger partial charge in [-0.15, -0.1) is 12.4 Å². The smallest absolute Gasteiger partial charge is 0.225 e. The van der Waals surface area contributed by atoms with E-state index in [1.54, 1.807) is 14.0 Å². The minimum Gasteiger partial charge on any atom is -0.380 e. The Labute approximate surface area is 129 Å². The normalized spacial score (nSPS) is 13.2. The first-order chi connectivity index (χ1) is 9.40. The van der Waals surface area contributed by atoms with Gasteiger partial charge in [0.2, 0.25) is 5.91 Å². The molecule has 0 radical (unpaired) electrons. The number of halogens is 3. The van der Waals surface area contributed by atoms with Crippen LogP contribution in [0.4, 0.5) is 8.78 Å². The van der Waals surface area contributed by atoms with E-state index >= 15 is 0 Å². The molecule has 0 saturated carbocycles. The molecule has 0 spiro atoms. The highest BCUT2D eigenvalue weighted by Crippen LogP contribution is 2.23. The van der Waals surface area contributed by atoms with Gasteiger partial charge in [0, 0.05) is 26.3 Å². The van der Waals surface area contributed by atoms with Crippen molar-refractivity contribution in [3.8, 4) is 0 Å². The van der Waals surface area contributed by atoms with E-state index in [1.807, 2.05) is 0 Å². The number of hydrogen-bond acceptors (Lipinski definition) is 3. The molecule has 0 fully saturated rings. The molecule has 2 N–H and O–H groups in total. The number of amides is 1. The van der Waals surface area contributed by atoms with E-state index < -0.39 is 17.7 Å². The molecule has 0 bridgehead atoms. The first kappa shape index (κ1) is 19.8. The van der Waals surface area contributed by atoms with Crippen LogP contribution in [0.2, 0.25) is 0 Å². The quantitative estimate of drug-likeness (QED) is 0.874. The summed E-state index contributed by atoms with van der Waals surface area (Å²) < 4.78 is 31.9. The van der Waals surface area contributed by atoms with Crippen molar-refractivity contribution in [2.45, 2.75) is 25.5 Å². The molecule has 1 aromatic carbocycles. The van der Waals surface area contributed by atoms with Crippen molar-refractivity contribution in [2.24, 2.45) is 5.73 Å². The highest BCUT2D eigenvalue weighted by atomic mass is 35.5. The second-order valence-corrected chi connectivity index (χ2v) is 4.64. The minimum atomic E-state index is -0.575. The summed E-state index contributed by atoms with van der Waals surface area (Å²) in [7, 11) is 3.01. The summed E-state index contributed by atoms with van der Waals surface area (Å²) in [4.78, 5) is 13.4. The second-order valence-electron chi connectivity index (χ2n) is 4.64. The third kappa shape index (κ3) is 5.22. The minimum absolute atomic E-state index is 0. The van der Waals surface area contributed by atoms with Crippen LogP contribution in [0, 0.1) is 11.6 Å². The zero-order chi connectivity index (χ0) is 15.3. The molecule has 120 valence electrons. The number of methoxy groups -OCH3 is 1. The molecule has 1 rings (SSSR count). The maximum atomic E-state index is 13.7. The first-order valence-electron chi connectivity index (χ1n) is 6.34. The number of hydrogen-bond donors (Lipinski definition) is 1. The lowest BCUT2D eigenvalue weighted by Gasteiger charge is -2.27. The van der Waals surface area contributed by atoms with E-state index in [4.69, 9.17) is 10.5 Å². The fraction of sp³-hybridized carbons (Fsp3) is 0.500. The Kier molecular flexibility index (Phi) is 8.39. The lowest BCUT2D eigenvalue weighted by Crippen LogP contribution is -2.35. The molecular formula is C14H21ClF2N2O2. The average Bonchev–Trinajstić information content (AvgIpc) is 2.45. The Hall–Kier alpha value is -1.24. The highest BCUT2D eigenvalue weighted by molar-refractivity contribution is 5.85. The van der Waals surface area contributed by atoms with Crippen molar-refractivity contribution in [1.29, 1.82) is 0 Å². The van der Waals surface area contributed by atoms with Crippen LogP contribution in [0.5, 0.6) is 0 Å². The second kappa shape index (κ2) is 8.92. The maximum absolute atomic E-state index is 13.7. The van der Waals surface area contributed by atoms with Crippen LogP contribution in [0.1, 0.15) is 24.9 Å². The van der Waals surface area contributed by atoms with Crippen LogP contribution in [0.3, 0.4) is 0 Å². The molecule has 21 heavy (non-hydrogen) atoms. The summed E-state index contributed by atoms with van der Waals surface area (Å²) in [5.41, 5.74) is 5.60. The van der Waals surface area contributed by atoms with Crippen LogP contribution in [-0.4, -0.2) is 37.6 Å². The fourth-order valence-corrected chi connectivity index (χ4v) is 1.86. The Balaban J connectivity index is 0.00000400. The number of rotatable bonds is 6. The SMILES string of the molecule is COC(CN)CC(=O)N(C)C(C)c1cc(F)ccc1F.Cl. The van der Waals surface area contributed by atoms with Gasteiger partial charge in [0.25, 0.3) is 0 Å². The molecule has 0 saturated heterocycles. The van der Waals surface area contributed by atoms with Crippen molar-refractivity contribution in [3.63, 3.8) is 0 Å². The van der Waals surface area contributed by atoms with Gasteiger partial charge in [-0.05, 0) is 25.1 Å². The Morgan fingerprint density at radius 1 is 1.43 bits per heavy atom. The Morgan fingerprint density at radius 2 is 2.05 bits per heavy atom. The predicted molar refractivity (Wildman–Crippen MR) is 79.3 cm³/mol. The lowest BCUT2D eigenvalue weighted by atomic mass is 10.1. The van der Waals surface area contributed by atoms with Crippen molar-refractivity contribution in [3.05, 3.63) is 35.4 Å². The summed E-state index contributed by atoms with van der Waals surface area (Å²) in [6, 6.07) is 2.62. The summed E-state index contributed by atoms with van der Waals surface area (Å²) in [6.07, 6.45) is -0.278. The van der Waals surface area contributed by atoms with Crippen molar-refractivity contribution in [1.82, 2.24) is 4.90 Å². The van der Waals surface area contributed by atoms with Gasteiger partial charge in [0.1, 0.15) is 11.6 Å². The van der Waals surface area contributed by atoms with Crippen molar-refractivity contribution in [2.75, 3.05) is 20.7 Å². The first-order valence-corrected chi connectivity index (χ1v) is 6.34. The zero-order valence-corrected chi connectivity index (χ0v) is 13.1. The molecule has 1 amide bonds. The van der Waals surface area contributed by atoms with Gasteiger partial charge in [-0.2, -0.15) is 0 Å². The zero-order valence-electron chi connectivity index (χ0n) is 12.3. The molecule has 0 aliphatic carbocycles. The molecule has 0 aliphatic rings. The van der Waals surface area contributed by atoms with Crippen molar-refractivity contribution < 1.29 is 18.3 Å². The van der Waals surface area contributed by atoms with Crippen molar-refractivity contribution >= 4 is 18.3 Å². The van der Waals surface area contributed by atoms with Crippen LogP contribution in [0.15, 0.2) is 18.2 Å². The van der Waals surface area contributed by atoms with Gasteiger partial charge in [0.05, 0.1) is 18.6 Å². The van der Waals surface area contributed by atoms with Gasteiger partial charge >= 0.3 is 0 Å². The summed E-state index contributed by atoms with van der Waals surface area (Å²) in [5.74, 6) is -1.31. The lowest BCUT2D eigenvalue weighted by molar-refractivity contribution is -0.134. The molecule has 0 aromatic heterocycles. The third-order valence-corrected chi connectivity index (χ3v) is 3.38. The van der Waals surface area contributed by atoms with Gasteiger partial charge < -0.3 is 15.4 Å². The third-order valence-electron chi connectivity index (χ3n) is 3.38. The molecule has 1 aromatic rings. The van der Waals surface area contributed by atoms with E-state index in [9.17, 15) is 13.6 Å². The number of carbonyl (C=O) groups is 1. The summed E-state index contributed by atoms with van der Waals surface area (Å²) in [6.45, 7) is 1.86. The van der Waals surface area contributed by atoms with Gasteiger partial charge in [-0.25, -0.2) is 8.78 Å². The van der Waals surface area contributed by atoms with E-state index in [0.29, 0.717) is 0 Å². The van der Waals surface area contributed by atoms with E-state index in [1.165, 1.54) is 12.0 Å². The fourth-order valence-electron chi connectivity index (χ4n) is 1.86. The van der Waals surface area contributed by atoms with Crippen LogP contribution in [-0.2, 0) is 9.53 Å². The van der Waals surface area contributed by atoms with Gasteiger partial charge in [0.15, 0.2) is 0 Å². The summed E-state index contributed by atoms with van der Waals surface area (Å²) in [5, 5.41) is 0. The molecule has 2 atom stereocenters. The van der Waals surface area contributed by atoms with Crippen LogP contribution >= 0.6 is 12.4 Å². The highest BCUT2D eigenvalue weighted by Gasteiger charge is 2.22. The standard InChI is InChI=1S/C14H20F2N2O2.ClH/c1-9(12-6-10(15)4-5-13(12)16)18(2)14(19)7-11(8-17)20-3;/h4-6,9,11H,7-8,17H2,1-3H3;1H. The van der Waals surface area contributed by atoms with Crippen LogP contribution < -0.4 is 5.73 Å². The molecule has 0 aliphatic heterocycles. The molecule has 2 unspecified atom stereocenters. The van der Waals surface area contributed by atoms with E-state index in [0.717, 1.165) is 18.2 Å². The van der Waals surface area contributed by atoms with Crippen LogP contribution in [0.25, 0.3) is 0 Å². The number of nitrogens with two attached hydrogens (primary N) is 1. The summed E-state index contributed by atoms with van der Waals surface area (Å²) >= 11 is 0. The van der Waals surface area contributed by atoms with E-state index in [-0.39, 0.29) is 42.9 Å². The molecule has 4 nitrogen and oxygen atoms in total. The number of ether oxygens (including phenoxy) is 1. The number of benzene rings is 1. The Morgan fingerprint density at radius 3 is 2.57 bits per heavy atom. The van der Waals surface area contributed by atoms with Gasteiger partial charge in [-0.1, -0.05) is 0 Å². The predicted octanol–water partition coefficient (Wildman–Crippen LogP) is 2.27. The maximum Gasteiger partial charge on any atom is 0.225 e. The topological polar surface area (TPSA) is 55.6 Å². The van der Waals surface area contributed by atoms with E-state index in [2.05, 4.69) is 0 Å². The van der Waals surface area contributed by atoms with Gasteiger partial charge in [-0.3, -0.25) is 4.79 Å². The molecule has 0 heterocycles.